The monoisotopic (exact) mass is 312 g/mol. The lowest BCUT2D eigenvalue weighted by Gasteiger charge is -2.35. The van der Waals surface area contributed by atoms with E-state index in [1.807, 2.05) is 13.8 Å². The first kappa shape index (κ1) is 16.9. The average molecular weight is 312 g/mol. The number of rotatable bonds is 6. The maximum atomic E-state index is 12.3. The number of hydrogen-bond acceptors (Lipinski definition) is 5. The molecule has 2 saturated heterocycles. The Morgan fingerprint density at radius 3 is 2.45 bits per heavy atom. The van der Waals surface area contributed by atoms with Crippen LogP contribution in [-0.2, 0) is 19.1 Å². The van der Waals surface area contributed by atoms with Gasteiger partial charge in [0.2, 0.25) is 11.8 Å². The zero-order valence-corrected chi connectivity index (χ0v) is 13.1. The van der Waals surface area contributed by atoms with Gasteiger partial charge in [0.05, 0.1) is 6.61 Å². The zero-order valence-electron chi connectivity index (χ0n) is 13.1. The van der Waals surface area contributed by atoms with E-state index in [4.69, 9.17) is 9.47 Å². The normalized spacial score (nSPS) is 25.0. The minimum absolute atomic E-state index is 0.135. The van der Waals surface area contributed by atoms with Crippen molar-refractivity contribution in [2.24, 2.45) is 11.3 Å². The Balaban J connectivity index is 2.00. The molecule has 0 aromatic carbocycles. The minimum atomic E-state index is -1.25. The smallest absolute Gasteiger partial charge is 0.328 e. The Labute approximate surface area is 130 Å². The third kappa shape index (κ3) is 3.84. The molecule has 1 unspecified atom stereocenters. The molecule has 0 aliphatic carbocycles. The summed E-state index contributed by atoms with van der Waals surface area (Å²) in [5.41, 5.74) is -1.25. The van der Waals surface area contributed by atoms with Crippen LogP contribution in [0.25, 0.3) is 0 Å². The Hall–Kier alpha value is -1.47. The predicted octanol–water partition coefficient (Wildman–Crippen LogP) is 1.32. The number of nitrogens with one attached hydrogen (secondary N) is 2. The van der Waals surface area contributed by atoms with Gasteiger partial charge in [-0.3, -0.25) is 20.2 Å². The Morgan fingerprint density at radius 1 is 1.23 bits per heavy atom. The third-order valence-electron chi connectivity index (χ3n) is 4.05. The summed E-state index contributed by atoms with van der Waals surface area (Å²) >= 11 is 0. The van der Waals surface area contributed by atoms with Crippen LogP contribution in [0.3, 0.4) is 0 Å². The highest BCUT2D eigenvalue weighted by molar-refractivity contribution is 6.19. The van der Waals surface area contributed by atoms with Crippen molar-refractivity contribution in [3.63, 3.8) is 0 Å². The minimum Gasteiger partial charge on any atom is -0.353 e. The van der Waals surface area contributed by atoms with Crippen molar-refractivity contribution in [3.8, 4) is 0 Å². The number of ether oxygens (including phenoxy) is 2. The standard InChI is InChI=1S/C15H24N2O5/c1-10(2)9-15(12(18)16-14(20)17-13(15)19)6-8-22-11-5-3-4-7-21-11/h10-11H,3-9H2,1-2H3,(H2,16,17,18,19,20). The summed E-state index contributed by atoms with van der Waals surface area (Å²) < 4.78 is 11.1. The van der Waals surface area contributed by atoms with Crippen LogP contribution in [0.2, 0.25) is 0 Å². The number of amides is 4. The molecule has 2 aliphatic rings. The average Bonchev–Trinajstić information content (AvgIpc) is 2.45. The van der Waals surface area contributed by atoms with Gasteiger partial charge in [-0.05, 0) is 38.0 Å². The summed E-state index contributed by atoms with van der Waals surface area (Å²) in [7, 11) is 0. The van der Waals surface area contributed by atoms with E-state index in [2.05, 4.69) is 10.6 Å². The first-order chi connectivity index (χ1) is 10.4. The summed E-state index contributed by atoms with van der Waals surface area (Å²) in [6.45, 7) is 4.79. The van der Waals surface area contributed by atoms with Crippen LogP contribution in [0, 0.1) is 11.3 Å². The van der Waals surface area contributed by atoms with Crippen molar-refractivity contribution < 1.29 is 23.9 Å². The maximum absolute atomic E-state index is 12.3. The van der Waals surface area contributed by atoms with E-state index in [1.165, 1.54) is 0 Å². The molecule has 0 aromatic heterocycles. The van der Waals surface area contributed by atoms with Gasteiger partial charge in [0.15, 0.2) is 6.29 Å². The van der Waals surface area contributed by atoms with Gasteiger partial charge in [0.1, 0.15) is 5.41 Å². The Kier molecular flexibility index (Phi) is 5.52. The molecule has 0 aromatic rings. The molecule has 7 heteroatoms. The fraction of sp³-hybridized carbons (Fsp3) is 0.800. The van der Waals surface area contributed by atoms with E-state index < -0.39 is 23.3 Å². The second kappa shape index (κ2) is 7.19. The van der Waals surface area contributed by atoms with Crippen molar-refractivity contribution in [2.75, 3.05) is 13.2 Å². The van der Waals surface area contributed by atoms with Crippen LogP contribution in [-0.4, -0.2) is 37.3 Å². The zero-order chi connectivity index (χ0) is 16.2. The van der Waals surface area contributed by atoms with Gasteiger partial charge < -0.3 is 9.47 Å². The molecule has 2 fully saturated rings. The van der Waals surface area contributed by atoms with E-state index in [0.29, 0.717) is 13.0 Å². The number of hydrogen-bond donors (Lipinski definition) is 2. The molecule has 0 radical (unpaired) electrons. The number of barbiturate groups is 1. The molecule has 2 aliphatic heterocycles. The fourth-order valence-corrected chi connectivity index (χ4v) is 3.00. The van der Waals surface area contributed by atoms with E-state index in [1.54, 1.807) is 0 Å². The molecule has 2 N–H and O–H groups in total. The molecule has 2 rings (SSSR count). The van der Waals surface area contributed by atoms with Crippen molar-refractivity contribution in [3.05, 3.63) is 0 Å². The van der Waals surface area contributed by atoms with Crippen LogP contribution in [0.5, 0.6) is 0 Å². The lowest BCUT2D eigenvalue weighted by molar-refractivity contribution is -0.171. The third-order valence-corrected chi connectivity index (χ3v) is 4.05. The quantitative estimate of drug-likeness (QED) is 0.721. The highest BCUT2D eigenvalue weighted by Crippen LogP contribution is 2.33. The van der Waals surface area contributed by atoms with E-state index in [0.717, 1.165) is 19.3 Å². The van der Waals surface area contributed by atoms with E-state index in [9.17, 15) is 14.4 Å². The van der Waals surface area contributed by atoms with Crippen LogP contribution >= 0.6 is 0 Å². The number of imide groups is 2. The highest BCUT2D eigenvalue weighted by atomic mass is 16.7. The van der Waals surface area contributed by atoms with Crippen molar-refractivity contribution >= 4 is 17.8 Å². The van der Waals surface area contributed by atoms with Crippen molar-refractivity contribution in [2.45, 2.75) is 52.2 Å². The van der Waals surface area contributed by atoms with Crippen LogP contribution < -0.4 is 10.6 Å². The van der Waals surface area contributed by atoms with Gasteiger partial charge >= 0.3 is 6.03 Å². The topological polar surface area (TPSA) is 93.7 Å². The van der Waals surface area contributed by atoms with Crippen LogP contribution in [0.4, 0.5) is 4.79 Å². The van der Waals surface area contributed by atoms with Crippen LogP contribution in [0.1, 0.15) is 46.0 Å². The summed E-state index contributed by atoms with van der Waals surface area (Å²) in [4.78, 5) is 35.8. The summed E-state index contributed by atoms with van der Waals surface area (Å²) in [6.07, 6.45) is 3.25. The molecule has 4 amide bonds. The molecule has 7 nitrogen and oxygen atoms in total. The molecule has 2 heterocycles. The molecule has 1 atom stereocenters. The number of urea groups is 1. The summed E-state index contributed by atoms with van der Waals surface area (Å²) in [5, 5.41) is 4.40. The van der Waals surface area contributed by atoms with Gasteiger partial charge in [-0.25, -0.2) is 4.79 Å². The Morgan fingerprint density at radius 2 is 1.91 bits per heavy atom. The molecular weight excluding hydrogens is 288 g/mol. The van der Waals surface area contributed by atoms with Crippen LogP contribution in [0.15, 0.2) is 0 Å². The predicted molar refractivity (Wildman–Crippen MR) is 77.7 cm³/mol. The molecule has 0 bridgehead atoms. The van der Waals surface area contributed by atoms with Gasteiger partial charge in [0.25, 0.3) is 0 Å². The Bertz CT molecular complexity index is 423. The second-order valence-corrected chi connectivity index (χ2v) is 6.33. The van der Waals surface area contributed by atoms with E-state index >= 15 is 0 Å². The first-order valence-electron chi connectivity index (χ1n) is 7.84. The van der Waals surface area contributed by atoms with Crippen molar-refractivity contribution in [1.29, 1.82) is 0 Å². The SMILES string of the molecule is CC(C)CC1(CCOC2CCCCO2)C(=O)NC(=O)NC1=O. The highest BCUT2D eigenvalue weighted by Gasteiger charge is 2.50. The molecule has 0 spiro atoms. The second-order valence-electron chi connectivity index (χ2n) is 6.33. The fourth-order valence-electron chi connectivity index (χ4n) is 3.00. The molecule has 0 saturated carbocycles. The van der Waals surface area contributed by atoms with Gasteiger partial charge in [-0.15, -0.1) is 0 Å². The molecule has 124 valence electrons. The molecule has 22 heavy (non-hydrogen) atoms. The first-order valence-corrected chi connectivity index (χ1v) is 7.84. The lowest BCUT2D eigenvalue weighted by Crippen LogP contribution is -2.63. The van der Waals surface area contributed by atoms with E-state index in [-0.39, 0.29) is 25.2 Å². The van der Waals surface area contributed by atoms with Gasteiger partial charge in [-0.1, -0.05) is 13.8 Å². The molecular formula is C15H24N2O5. The number of carbonyl (C=O) groups excluding carboxylic acids is 3. The van der Waals surface area contributed by atoms with Crippen molar-refractivity contribution in [1.82, 2.24) is 10.6 Å². The lowest BCUT2D eigenvalue weighted by atomic mass is 9.75. The number of carbonyl (C=O) groups is 3. The van der Waals surface area contributed by atoms with Gasteiger partial charge in [-0.2, -0.15) is 0 Å². The van der Waals surface area contributed by atoms with Gasteiger partial charge in [0, 0.05) is 6.61 Å². The summed E-state index contributed by atoms with van der Waals surface area (Å²) in [5.74, 6) is -0.943. The summed E-state index contributed by atoms with van der Waals surface area (Å²) in [6, 6.07) is -0.758. The largest absolute Gasteiger partial charge is 0.353 e. The maximum Gasteiger partial charge on any atom is 0.328 e.